The number of anilines is 1. The number of aliphatic carboxylic acids is 1. The first-order valence-corrected chi connectivity index (χ1v) is 11.9. The van der Waals surface area contributed by atoms with E-state index in [2.05, 4.69) is 10.4 Å². The lowest BCUT2D eigenvalue weighted by Gasteiger charge is -2.36. The number of hydrogen-bond acceptors (Lipinski definition) is 6. The minimum atomic E-state index is -5.08. The van der Waals surface area contributed by atoms with Crippen LogP contribution in [0.3, 0.4) is 0 Å². The SMILES string of the molecule is NC(=O)c1cccc2cn(-c3ccc(NC(=O)C4CCCC5CC(N)C(=O)N54)cc3)nc12.O=C(O)C(F)(F)F. The molecular formula is C25H25F3N6O5. The Labute approximate surface area is 219 Å². The van der Waals surface area contributed by atoms with E-state index in [1.54, 1.807) is 33.8 Å². The van der Waals surface area contributed by atoms with E-state index in [0.717, 1.165) is 23.9 Å². The molecule has 2 aromatic carbocycles. The van der Waals surface area contributed by atoms with Gasteiger partial charge < -0.3 is 26.8 Å². The Kier molecular flexibility index (Phi) is 7.58. The molecule has 3 aromatic rings. The van der Waals surface area contributed by atoms with Crippen LogP contribution in [-0.4, -0.2) is 67.8 Å². The number of nitrogens with one attached hydrogen (secondary N) is 1. The van der Waals surface area contributed by atoms with Crippen molar-refractivity contribution < 1.29 is 37.5 Å². The number of hydrogen-bond donors (Lipinski definition) is 4. The first kappa shape index (κ1) is 27.6. The molecule has 39 heavy (non-hydrogen) atoms. The maximum Gasteiger partial charge on any atom is 0.490 e. The van der Waals surface area contributed by atoms with E-state index < -0.39 is 30.1 Å². The zero-order chi connectivity index (χ0) is 28.5. The number of carbonyl (C=O) groups excluding carboxylic acids is 3. The van der Waals surface area contributed by atoms with Gasteiger partial charge >= 0.3 is 12.1 Å². The second-order valence-corrected chi connectivity index (χ2v) is 9.21. The van der Waals surface area contributed by atoms with Gasteiger partial charge in [-0.05, 0) is 56.0 Å². The normalized spacial score (nSPS) is 20.7. The fourth-order valence-corrected chi connectivity index (χ4v) is 4.79. The number of alkyl halides is 3. The van der Waals surface area contributed by atoms with E-state index in [9.17, 15) is 27.6 Å². The fourth-order valence-electron chi connectivity index (χ4n) is 4.79. The van der Waals surface area contributed by atoms with Gasteiger partial charge in [0.2, 0.25) is 11.8 Å². The number of nitrogens with two attached hydrogens (primary N) is 2. The lowest BCUT2D eigenvalue weighted by Crippen LogP contribution is -2.52. The van der Waals surface area contributed by atoms with Gasteiger partial charge in [0, 0.05) is 23.3 Å². The van der Waals surface area contributed by atoms with Gasteiger partial charge in [-0.2, -0.15) is 18.3 Å². The molecule has 3 heterocycles. The van der Waals surface area contributed by atoms with Crippen LogP contribution in [0.1, 0.15) is 36.0 Å². The van der Waals surface area contributed by atoms with Gasteiger partial charge in [0.1, 0.15) is 11.6 Å². The number of benzene rings is 2. The standard InChI is InChI=1S/C23H24N6O3.C2HF3O2/c24-18-11-16-4-2-6-19(29(16)23(18)32)22(31)26-14-7-9-15(10-8-14)28-12-13-3-1-5-17(21(25)30)20(13)27-28;3-2(4,5)1(6)7/h1,3,5,7-10,12,16,18-19H,2,4,6,11,24H2,(H2,25,30)(H,26,31);(H,6,7). The van der Waals surface area contributed by atoms with Crippen LogP contribution in [0.4, 0.5) is 18.9 Å². The average Bonchev–Trinajstić information content (AvgIpc) is 3.44. The minimum Gasteiger partial charge on any atom is -0.475 e. The number of carbonyl (C=O) groups is 4. The minimum absolute atomic E-state index is 0.0589. The third kappa shape index (κ3) is 5.85. The molecule has 0 saturated carbocycles. The Morgan fingerprint density at radius 2 is 1.74 bits per heavy atom. The summed E-state index contributed by atoms with van der Waals surface area (Å²) in [6, 6.07) is 11.6. The molecule has 1 aromatic heterocycles. The van der Waals surface area contributed by atoms with Crippen molar-refractivity contribution in [3.8, 4) is 5.69 Å². The predicted octanol–water partition coefficient (Wildman–Crippen LogP) is 2.18. The molecule has 3 atom stereocenters. The summed E-state index contributed by atoms with van der Waals surface area (Å²) in [5.41, 5.74) is 13.7. The molecule has 3 unspecified atom stereocenters. The predicted molar refractivity (Wildman–Crippen MR) is 133 cm³/mol. The third-order valence-corrected chi connectivity index (χ3v) is 6.59. The number of aromatic nitrogens is 2. The number of carboxylic acids is 1. The molecule has 0 spiro atoms. The van der Waals surface area contributed by atoms with E-state index in [4.69, 9.17) is 21.4 Å². The summed E-state index contributed by atoms with van der Waals surface area (Å²) >= 11 is 0. The summed E-state index contributed by atoms with van der Waals surface area (Å²) in [6.07, 6.45) is -0.209. The maximum absolute atomic E-state index is 12.9. The van der Waals surface area contributed by atoms with Gasteiger partial charge in [-0.15, -0.1) is 0 Å². The Bertz CT molecular complexity index is 1420. The van der Waals surface area contributed by atoms with Crippen molar-refractivity contribution in [1.29, 1.82) is 0 Å². The molecule has 2 aliphatic heterocycles. The summed E-state index contributed by atoms with van der Waals surface area (Å²) in [6.45, 7) is 0. The van der Waals surface area contributed by atoms with Crippen LogP contribution < -0.4 is 16.8 Å². The van der Waals surface area contributed by atoms with Gasteiger partial charge in [-0.3, -0.25) is 14.4 Å². The van der Waals surface area contributed by atoms with Gasteiger partial charge in [0.15, 0.2) is 0 Å². The fraction of sp³-hybridized carbons (Fsp3) is 0.320. The number of rotatable bonds is 4. The Morgan fingerprint density at radius 1 is 1.08 bits per heavy atom. The van der Waals surface area contributed by atoms with E-state index >= 15 is 0 Å². The molecule has 206 valence electrons. The average molecular weight is 547 g/mol. The second kappa shape index (κ2) is 10.7. The monoisotopic (exact) mass is 546 g/mol. The van der Waals surface area contributed by atoms with Crippen LogP contribution in [0.2, 0.25) is 0 Å². The van der Waals surface area contributed by atoms with Crippen molar-refractivity contribution in [3.63, 3.8) is 0 Å². The van der Waals surface area contributed by atoms with E-state index in [1.165, 1.54) is 0 Å². The van der Waals surface area contributed by atoms with E-state index in [-0.39, 0.29) is 17.9 Å². The number of piperidine rings is 1. The lowest BCUT2D eigenvalue weighted by atomic mass is 9.96. The van der Waals surface area contributed by atoms with Gasteiger partial charge in [0.05, 0.1) is 17.3 Å². The van der Waals surface area contributed by atoms with E-state index in [1.807, 2.05) is 24.4 Å². The van der Waals surface area contributed by atoms with Crippen LogP contribution in [0.15, 0.2) is 48.7 Å². The Balaban J connectivity index is 0.000000448. The number of nitrogens with zero attached hydrogens (tertiary/aromatic N) is 3. The van der Waals surface area contributed by atoms with Crippen LogP contribution in [0, 0.1) is 0 Å². The summed E-state index contributed by atoms with van der Waals surface area (Å²) in [5, 5.41) is 15.3. The van der Waals surface area contributed by atoms with Crippen molar-refractivity contribution >= 4 is 40.3 Å². The number of halogens is 3. The number of primary amides is 1. The zero-order valence-electron chi connectivity index (χ0n) is 20.4. The smallest absolute Gasteiger partial charge is 0.475 e. The Hall–Kier alpha value is -4.46. The highest BCUT2D eigenvalue weighted by Crippen LogP contribution is 2.32. The van der Waals surface area contributed by atoms with Crippen molar-refractivity contribution in [2.75, 3.05) is 5.32 Å². The second-order valence-electron chi connectivity index (χ2n) is 9.21. The Morgan fingerprint density at radius 3 is 2.36 bits per heavy atom. The number of fused-ring (bicyclic) bond motifs is 2. The molecule has 0 aliphatic carbocycles. The topological polar surface area (TPSA) is 174 Å². The number of carboxylic acid groups (broad SMARTS) is 1. The summed E-state index contributed by atoms with van der Waals surface area (Å²) in [5.74, 6) is -3.61. The molecule has 0 bridgehead atoms. The summed E-state index contributed by atoms with van der Waals surface area (Å²) < 4.78 is 33.4. The van der Waals surface area contributed by atoms with Crippen LogP contribution in [0.25, 0.3) is 16.6 Å². The molecule has 6 N–H and O–H groups in total. The largest absolute Gasteiger partial charge is 0.490 e. The van der Waals surface area contributed by atoms with Gasteiger partial charge in [0.25, 0.3) is 5.91 Å². The quantitative estimate of drug-likeness (QED) is 0.388. The molecule has 2 fully saturated rings. The number of amides is 3. The van der Waals surface area contributed by atoms with Crippen LogP contribution in [-0.2, 0) is 14.4 Å². The maximum atomic E-state index is 12.9. The van der Waals surface area contributed by atoms with Crippen molar-refractivity contribution in [3.05, 3.63) is 54.2 Å². The first-order chi connectivity index (χ1) is 18.4. The highest BCUT2D eigenvalue weighted by atomic mass is 19.4. The van der Waals surface area contributed by atoms with E-state index in [0.29, 0.717) is 29.6 Å². The summed E-state index contributed by atoms with van der Waals surface area (Å²) in [7, 11) is 0. The summed E-state index contributed by atoms with van der Waals surface area (Å²) in [4.78, 5) is 47.6. The molecule has 2 aliphatic rings. The molecule has 14 heteroatoms. The van der Waals surface area contributed by atoms with Gasteiger partial charge in [-0.1, -0.05) is 12.1 Å². The highest BCUT2D eigenvalue weighted by molar-refractivity contribution is 6.04. The molecule has 2 saturated heterocycles. The lowest BCUT2D eigenvalue weighted by molar-refractivity contribution is -0.192. The van der Waals surface area contributed by atoms with Crippen LogP contribution >= 0.6 is 0 Å². The van der Waals surface area contributed by atoms with Crippen molar-refractivity contribution in [1.82, 2.24) is 14.7 Å². The zero-order valence-corrected chi connectivity index (χ0v) is 20.4. The highest BCUT2D eigenvalue weighted by Gasteiger charge is 2.45. The third-order valence-electron chi connectivity index (χ3n) is 6.59. The molecule has 0 radical (unpaired) electrons. The molecule has 11 nitrogen and oxygen atoms in total. The molecule has 5 rings (SSSR count). The van der Waals surface area contributed by atoms with Crippen LogP contribution in [0.5, 0.6) is 0 Å². The van der Waals surface area contributed by atoms with Crippen molar-refractivity contribution in [2.45, 2.75) is 50.0 Å². The first-order valence-electron chi connectivity index (χ1n) is 11.9. The molecule has 3 amide bonds. The van der Waals surface area contributed by atoms with Crippen molar-refractivity contribution in [2.24, 2.45) is 11.5 Å². The van der Waals surface area contributed by atoms with Gasteiger partial charge in [-0.25, -0.2) is 9.48 Å². The molecular weight excluding hydrogens is 521 g/mol.